The summed E-state index contributed by atoms with van der Waals surface area (Å²) < 4.78 is 12.0. The topological polar surface area (TPSA) is 21.7 Å². The van der Waals surface area contributed by atoms with E-state index in [0.29, 0.717) is 0 Å². The fraction of sp³-hybridized carbons (Fsp3) is 0.0400. The minimum Gasteiger partial charge on any atom is -0.457 e. The van der Waals surface area contributed by atoms with Crippen molar-refractivity contribution >= 4 is 23.1 Å². The van der Waals surface area contributed by atoms with Gasteiger partial charge in [-0.15, -0.1) is 0 Å². The molecule has 1 heterocycles. The molecule has 3 nitrogen and oxygen atoms in total. The average molecular weight is 397 g/mol. The predicted octanol–water partition coefficient (Wildman–Crippen LogP) is 7.50. The van der Waals surface area contributed by atoms with Crippen molar-refractivity contribution in [1.82, 2.24) is 0 Å². The summed E-state index contributed by atoms with van der Waals surface area (Å²) in [6.07, 6.45) is 0. The van der Waals surface area contributed by atoms with Gasteiger partial charge in [-0.1, -0.05) is 48.2 Å². The fourth-order valence-electron chi connectivity index (χ4n) is 3.33. The molecule has 1 aliphatic heterocycles. The lowest BCUT2D eigenvalue weighted by Crippen LogP contribution is -2.14. The van der Waals surface area contributed by atoms with Crippen molar-refractivity contribution in [3.63, 3.8) is 0 Å². The number of para-hydroxylation sites is 2. The quantitative estimate of drug-likeness (QED) is 0.355. The Morgan fingerprint density at radius 2 is 1.00 bits per heavy atom. The second-order valence-electron chi connectivity index (χ2n) is 6.75. The second-order valence-corrected chi connectivity index (χ2v) is 7.83. The van der Waals surface area contributed by atoms with Crippen LogP contribution in [0.4, 0.5) is 11.4 Å². The molecule has 0 bridgehead atoms. The van der Waals surface area contributed by atoms with E-state index in [4.69, 9.17) is 9.47 Å². The van der Waals surface area contributed by atoms with Crippen molar-refractivity contribution in [2.24, 2.45) is 0 Å². The van der Waals surface area contributed by atoms with Crippen molar-refractivity contribution in [3.8, 4) is 23.0 Å². The van der Waals surface area contributed by atoms with Crippen LogP contribution in [0.15, 0.2) is 107 Å². The van der Waals surface area contributed by atoms with Gasteiger partial charge in [0, 0.05) is 16.8 Å². The van der Waals surface area contributed by atoms with Gasteiger partial charge in [-0.3, -0.25) is 0 Å². The van der Waals surface area contributed by atoms with Crippen LogP contribution < -0.4 is 14.4 Å². The van der Waals surface area contributed by atoms with Crippen molar-refractivity contribution in [2.75, 3.05) is 11.9 Å². The summed E-state index contributed by atoms with van der Waals surface area (Å²) in [4.78, 5) is 4.52. The fourth-order valence-corrected chi connectivity index (χ4v) is 4.54. The molecule has 4 aromatic carbocycles. The third-order valence-corrected chi connectivity index (χ3v) is 5.86. The molecule has 1 aliphatic rings. The summed E-state index contributed by atoms with van der Waals surface area (Å²) >= 11 is 1.73. The maximum absolute atomic E-state index is 6.01. The lowest BCUT2D eigenvalue weighted by molar-refractivity contribution is 0.481. The van der Waals surface area contributed by atoms with E-state index >= 15 is 0 Å². The highest BCUT2D eigenvalue weighted by molar-refractivity contribution is 7.99. The Labute approximate surface area is 174 Å². The number of hydrogen-bond donors (Lipinski definition) is 0. The molecule has 0 saturated heterocycles. The smallest absolute Gasteiger partial charge is 0.128 e. The van der Waals surface area contributed by atoms with E-state index in [1.807, 2.05) is 72.8 Å². The van der Waals surface area contributed by atoms with Crippen LogP contribution in [0, 0.1) is 0 Å². The van der Waals surface area contributed by atoms with Crippen LogP contribution in [0.1, 0.15) is 0 Å². The van der Waals surface area contributed by atoms with Gasteiger partial charge >= 0.3 is 0 Å². The van der Waals surface area contributed by atoms with Crippen LogP contribution in [0.2, 0.25) is 0 Å². The molecule has 0 atom stereocenters. The van der Waals surface area contributed by atoms with Crippen molar-refractivity contribution in [2.45, 2.75) is 9.79 Å². The van der Waals surface area contributed by atoms with E-state index in [1.165, 1.54) is 11.4 Å². The van der Waals surface area contributed by atoms with Gasteiger partial charge in [-0.05, 0) is 60.7 Å². The predicted molar refractivity (Wildman–Crippen MR) is 118 cm³/mol. The Morgan fingerprint density at radius 1 is 0.552 bits per heavy atom. The Hall–Kier alpha value is -3.37. The SMILES string of the molecule is CN1c2ccc(Oc3ccccc3)cc2Sc2cc(Oc3ccccc3)ccc21. The Morgan fingerprint density at radius 3 is 1.45 bits per heavy atom. The summed E-state index contributed by atoms with van der Waals surface area (Å²) in [5.74, 6) is 3.33. The number of ether oxygens (including phenoxy) is 2. The number of fused-ring (bicyclic) bond motifs is 2. The molecule has 0 saturated carbocycles. The summed E-state index contributed by atoms with van der Waals surface area (Å²) in [6, 6.07) is 32.1. The summed E-state index contributed by atoms with van der Waals surface area (Å²) in [7, 11) is 2.09. The van der Waals surface area contributed by atoms with Crippen molar-refractivity contribution in [3.05, 3.63) is 97.1 Å². The maximum atomic E-state index is 6.01. The van der Waals surface area contributed by atoms with Gasteiger partial charge in [-0.2, -0.15) is 0 Å². The van der Waals surface area contributed by atoms with Crippen LogP contribution in [-0.2, 0) is 0 Å². The number of hydrogen-bond acceptors (Lipinski definition) is 4. The minimum absolute atomic E-state index is 0.830. The summed E-state index contributed by atoms with van der Waals surface area (Å²) in [5, 5.41) is 0. The van der Waals surface area contributed by atoms with E-state index in [0.717, 1.165) is 32.8 Å². The third kappa shape index (κ3) is 3.67. The van der Waals surface area contributed by atoms with Crippen LogP contribution in [0.25, 0.3) is 0 Å². The van der Waals surface area contributed by atoms with E-state index in [9.17, 15) is 0 Å². The van der Waals surface area contributed by atoms with Gasteiger partial charge in [-0.25, -0.2) is 0 Å². The molecule has 0 radical (unpaired) electrons. The van der Waals surface area contributed by atoms with Gasteiger partial charge in [0.25, 0.3) is 0 Å². The molecule has 0 amide bonds. The molecular formula is C25H19NO2S. The third-order valence-electron chi connectivity index (χ3n) is 4.76. The zero-order valence-electron chi connectivity index (χ0n) is 15.9. The number of rotatable bonds is 4. The largest absolute Gasteiger partial charge is 0.457 e. The molecule has 142 valence electrons. The van der Waals surface area contributed by atoms with Gasteiger partial charge in [0.05, 0.1) is 11.4 Å². The van der Waals surface area contributed by atoms with Crippen LogP contribution in [0.5, 0.6) is 23.0 Å². The highest BCUT2D eigenvalue weighted by atomic mass is 32.2. The molecule has 0 N–H and O–H groups in total. The highest BCUT2D eigenvalue weighted by Crippen LogP contribution is 2.49. The molecule has 4 heteroatoms. The van der Waals surface area contributed by atoms with E-state index in [-0.39, 0.29) is 0 Å². The van der Waals surface area contributed by atoms with Crippen molar-refractivity contribution < 1.29 is 9.47 Å². The zero-order valence-corrected chi connectivity index (χ0v) is 16.7. The molecule has 0 aliphatic carbocycles. The molecule has 29 heavy (non-hydrogen) atoms. The minimum atomic E-state index is 0.830. The normalized spacial score (nSPS) is 12.1. The van der Waals surface area contributed by atoms with Crippen LogP contribution >= 0.6 is 11.8 Å². The maximum Gasteiger partial charge on any atom is 0.128 e. The molecule has 4 aromatic rings. The van der Waals surface area contributed by atoms with Gasteiger partial charge in [0.1, 0.15) is 23.0 Å². The van der Waals surface area contributed by atoms with Gasteiger partial charge in [0.15, 0.2) is 0 Å². The highest BCUT2D eigenvalue weighted by Gasteiger charge is 2.22. The first kappa shape index (κ1) is 17.7. The number of benzene rings is 4. The Bertz CT molecular complexity index is 1060. The van der Waals surface area contributed by atoms with E-state index in [2.05, 4.69) is 36.2 Å². The van der Waals surface area contributed by atoms with Crippen molar-refractivity contribution in [1.29, 1.82) is 0 Å². The Balaban J connectivity index is 1.43. The zero-order chi connectivity index (χ0) is 19.6. The first-order valence-electron chi connectivity index (χ1n) is 9.42. The second kappa shape index (κ2) is 7.57. The Kier molecular flexibility index (Phi) is 4.62. The summed E-state index contributed by atoms with van der Waals surface area (Å²) in [5.41, 5.74) is 2.33. The average Bonchev–Trinajstić information content (AvgIpc) is 2.75. The monoisotopic (exact) mass is 397 g/mol. The number of anilines is 2. The lowest BCUT2D eigenvalue weighted by atomic mass is 10.2. The van der Waals surface area contributed by atoms with Gasteiger partial charge in [0.2, 0.25) is 0 Å². The van der Waals surface area contributed by atoms with Gasteiger partial charge < -0.3 is 14.4 Å². The van der Waals surface area contributed by atoms with Crippen LogP contribution in [0.3, 0.4) is 0 Å². The standard InChI is InChI=1S/C25H19NO2S/c1-26-22-14-12-20(27-18-8-4-2-5-9-18)16-24(22)29-25-17-21(13-15-23(25)26)28-19-10-6-3-7-11-19/h2-17H,1H3. The van der Waals surface area contributed by atoms with Crippen LogP contribution in [-0.4, -0.2) is 7.05 Å². The molecule has 5 rings (SSSR count). The number of nitrogens with zero attached hydrogens (tertiary/aromatic N) is 1. The first-order valence-corrected chi connectivity index (χ1v) is 10.2. The molecule has 0 aromatic heterocycles. The van der Waals surface area contributed by atoms with E-state index < -0.39 is 0 Å². The van der Waals surface area contributed by atoms with E-state index in [1.54, 1.807) is 11.8 Å². The lowest BCUT2D eigenvalue weighted by Gasteiger charge is -2.30. The summed E-state index contributed by atoms with van der Waals surface area (Å²) in [6.45, 7) is 0. The molecule has 0 spiro atoms. The first-order chi connectivity index (χ1) is 14.3. The molecular weight excluding hydrogens is 378 g/mol. The molecule has 0 unspecified atom stereocenters. The molecule has 0 fully saturated rings.